The Hall–Kier alpha value is -8.63. The number of para-hydroxylation sites is 2. The number of carboxylic acid groups (broad SMARTS) is 1. The molecule has 78 heavy (non-hydrogen) atoms. The van der Waals surface area contributed by atoms with Crippen LogP contribution in [0.25, 0.3) is 0 Å². The molecule has 2 aliphatic heterocycles. The smallest absolute Gasteiger partial charge is 0.333 e. The van der Waals surface area contributed by atoms with Gasteiger partial charge in [0.15, 0.2) is 13.2 Å². The van der Waals surface area contributed by atoms with Gasteiger partial charge in [0.1, 0.15) is 0 Å². The number of halogens is 1. The summed E-state index contributed by atoms with van der Waals surface area (Å²) in [5, 5.41) is 13.9. The van der Waals surface area contributed by atoms with Gasteiger partial charge in [-0.25, -0.2) is 9.59 Å². The normalized spacial score (nSPS) is 11.7. The number of rotatable bonds is 16. The average molecular weight is 1120 g/mol. The van der Waals surface area contributed by atoms with Crippen LogP contribution in [0.1, 0.15) is 81.8 Å². The van der Waals surface area contributed by atoms with E-state index in [1.165, 1.54) is 36.4 Å². The first kappa shape index (κ1) is 61.9. The molecule has 21 heteroatoms. The maximum Gasteiger partial charge on any atom is 0.333 e. The molecule has 0 fully saturated rings. The molecule has 0 unspecified atom stereocenters. The summed E-state index contributed by atoms with van der Waals surface area (Å²) in [6, 6.07) is 40.0. The molecule has 0 saturated heterocycles. The minimum Gasteiger partial charge on any atom is -0.479 e. The molecule has 6 aromatic carbocycles. The Bertz CT molecular complexity index is 3530. The fraction of sp³-hybridized carbons (Fsp3) is 0.193. The molecule has 3 N–H and O–H groups in total. The zero-order chi connectivity index (χ0) is 53.5. The molecule has 406 valence electrons. The lowest BCUT2D eigenvalue weighted by Gasteiger charge is -2.26. The van der Waals surface area contributed by atoms with Crippen LogP contribution in [-0.2, 0) is 65.6 Å². The van der Waals surface area contributed by atoms with E-state index in [2.05, 4.69) is 47.4 Å². The summed E-state index contributed by atoms with van der Waals surface area (Å²) in [7, 11) is -7.34. The van der Waals surface area contributed by atoms with Crippen molar-refractivity contribution in [2.75, 3.05) is 43.2 Å². The zero-order valence-corrected chi connectivity index (χ0v) is 42.8. The molecule has 0 aliphatic carbocycles. The first-order valence-corrected chi connectivity index (χ1v) is 25.7. The van der Waals surface area contributed by atoms with Gasteiger partial charge in [0.05, 0.1) is 41.4 Å². The lowest BCUT2D eigenvalue weighted by molar-refractivity contribution is -0.143. The first-order chi connectivity index (χ1) is 36.0. The van der Waals surface area contributed by atoms with E-state index in [1.54, 1.807) is 9.80 Å². The fourth-order valence-corrected chi connectivity index (χ4v) is 9.17. The van der Waals surface area contributed by atoms with Crippen molar-refractivity contribution in [2.45, 2.75) is 50.6 Å². The number of carbonyl (C=O) groups excluding carboxylic acids is 5. The molecule has 8 rings (SSSR count). The van der Waals surface area contributed by atoms with E-state index in [0.29, 0.717) is 24.5 Å². The summed E-state index contributed by atoms with van der Waals surface area (Å²) in [5.41, 5.74) is 6.80. The van der Waals surface area contributed by atoms with Gasteiger partial charge in [0.2, 0.25) is 11.8 Å². The first-order valence-electron chi connectivity index (χ1n) is 22.9. The van der Waals surface area contributed by atoms with Crippen molar-refractivity contribution in [3.63, 3.8) is 0 Å². The molecular weight excluding hydrogens is 1060 g/mol. The number of esters is 1. The predicted octanol–water partition coefficient (Wildman–Crippen LogP) is 6.87. The second-order valence-electron chi connectivity index (χ2n) is 16.3. The van der Waals surface area contributed by atoms with E-state index >= 15 is 0 Å². The van der Waals surface area contributed by atoms with Gasteiger partial charge in [0, 0.05) is 59.3 Å². The Labute approximate surface area is 459 Å². The maximum absolute atomic E-state index is 13.3. The Kier molecular flexibility index (Phi) is 22.6. The van der Waals surface area contributed by atoms with Crippen LogP contribution in [0.3, 0.4) is 0 Å². The molecule has 4 amide bonds. The van der Waals surface area contributed by atoms with E-state index in [-0.39, 0.29) is 85.9 Å². The SMILES string of the molecule is C.C.COC(=O)COS(=O)(=O)c1ccc(C(=O)NCCC(=O)N2Cc3ccccc3C#Cc3ccccc32)cc1.Cl.O=C(O)COS(=O)(=O)c1ccc(C(=O)NCCC(=O)N2Cc3ccccc3C#Cc3ccccc32)cc1. The standard InChI is InChI=1S/C28H24N2O7S.C27H22N2O7S.2CH4.ClH/c1-36-27(32)19-37-38(34,35)24-14-12-22(13-15-24)28(33)29-17-16-26(31)30-18-23-8-3-2-6-20(23)10-11-21-7-4-5-9-25(21)30;30-25(29-17-22-7-2-1-5-19(22)9-10-20-6-3-4-8-24(20)29)15-16-28-27(33)21-11-13-23(14-12-21)37(34,35)36-18-26(31)32;;;/h2-9,12-15H,16-19H2,1H3,(H,29,33);1-8,11-14H,15-18H2,(H,28,33)(H,31,32);2*1H4;1H. The highest BCUT2D eigenvalue weighted by Crippen LogP contribution is 2.28. The number of ether oxygens (including phenoxy) is 1. The van der Waals surface area contributed by atoms with Crippen LogP contribution in [-0.4, -0.2) is 90.9 Å². The number of benzene rings is 6. The zero-order valence-electron chi connectivity index (χ0n) is 40.4. The lowest BCUT2D eigenvalue weighted by atomic mass is 10.0. The van der Waals surface area contributed by atoms with Crippen molar-refractivity contribution in [3.05, 3.63) is 190 Å². The molecule has 2 aliphatic rings. The van der Waals surface area contributed by atoms with Gasteiger partial charge >= 0.3 is 11.9 Å². The molecule has 2 heterocycles. The highest BCUT2D eigenvalue weighted by atomic mass is 35.5. The number of carboxylic acids is 1. The van der Waals surface area contributed by atoms with Crippen molar-refractivity contribution in [1.29, 1.82) is 0 Å². The lowest BCUT2D eigenvalue weighted by Crippen LogP contribution is -2.35. The van der Waals surface area contributed by atoms with Crippen LogP contribution in [0, 0.1) is 23.7 Å². The van der Waals surface area contributed by atoms with Crippen molar-refractivity contribution < 1.29 is 63.8 Å². The predicted molar refractivity (Wildman–Crippen MR) is 294 cm³/mol. The van der Waals surface area contributed by atoms with Crippen molar-refractivity contribution in [3.8, 4) is 23.7 Å². The molecule has 6 aromatic rings. The average Bonchev–Trinajstić information content (AvgIpc) is 3.45. The maximum atomic E-state index is 13.3. The minimum atomic E-state index is -4.26. The second kappa shape index (κ2) is 28.5. The van der Waals surface area contributed by atoms with Crippen LogP contribution in [0.15, 0.2) is 155 Å². The van der Waals surface area contributed by atoms with Gasteiger partial charge in [-0.3, -0.25) is 27.5 Å². The van der Waals surface area contributed by atoms with Crippen molar-refractivity contribution in [1.82, 2.24) is 10.6 Å². The van der Waals surface area contributed by atoms with Gasteiger partial charge in [-0.05, 0) is 96.1 Å². The summed E-state index contributed by atoms with van der Waals surface area (Å²) in [6.07, 6.45) is 0.0780. The molecule has 18 nitrogen and oxygen atoms in total. The van der Waals surface area contributed by atoms with Crippen LogP contribution in [0.2, 0.25) is 0 Å². The second-order valence-corrected chi connectivity index (χ2v) is 19.5. The number of hydrogen-bond donors (Lipinski definition) is 3. The largest absolute Gasteiger partial charge is 0.479 e. The number of nitrogens with one attached hydrogen (secondary N) is 2. The van der Waals surface area contributed by atoms with Crippen LogP contribution < -0.4 is 20.4 Å². The summed E-state index contributed by atoms with van der Waals surface area (Å²) < 4.78 is 61.7. The van der Waals surface area contributed by atoms with Crippen molar-refractivity contribution >= 4 is 79.6 Å². The Morgan fingerprint density at radius 1 is 0.513 bits per heavy atom. The van der Waals surface area contributed by atoms with Crippen LogP contribution in [0.5, 0.6) is 0 Å². The highest BCUT2D eigenvalue weighted by Gasteiger charge is 2.24. The summed E-state index contributed by atoms with van der Waals surface area (Å²) in [6.45, 7) is -0.929. The number of hydrogen-bond acceptors (Lipinski definition) is 13. The fourth-order valence-electron chi connectivity index (χ4n) is 7.45. The molecule has 0 saturated carbocycles. The monoisotopic (exact) mass is 1120 g/mol. The number of methoxy groups -OCH3 is 1. The number of carbonyl (C=O) groups is 6. The molecular formula is C57H55ClN4O14S2. The molecule has 0 bridgehead atoms. The third-order valence-corrected chi connectivity index (χ3v) is 13.9. The Morgan fingerprint density at radius 2 is 0.859 bits per heavy atom. The molecule has 0 aromatic heterocycles. The number of fused-ring (bicyclic) bond motifs is 4. The summed E-state index contributed by atoms with van der Waals surface area (Å²) >= 11 is 0. The Balaban J connectivity index is 0.000000324. The van der Waals surface area contributed by atoms with E-state index in [9.17, 15) is 45.6 Å². The van der Waals surface area contributed by atoms with Gasteiger partial charge in [-0.15, -0.1) is 12.4 Å². The van der Waals surface area contributed by atoms with E-state index in [4.69, 9.17) is 5.11 Å². The highest BCUT2D eigenvalue weighted by molar-refractivity contribution is 7.87. The Morgan fingerprint density at radius 3 is 1.24 bits per heavy atom. The van der Waals surface area contributed by atoms with Gasteiger partial charge in [0.25, 0.3) is 32.1 Å². The molecule has 0 spiro atoms. The van der Waals surface area contributed by atoms with E-state index < -0.39 is 57.2 Å². The molecule has 0 radical (unpaired) electrons. The topological polar surface area (TPSA) is 249 Å². The third kappa shape index (κ3) is 16.2. The minimum absolute atomic E-state index is 0. The summed E-state index contributed by atoms with van der Waals surface area (Å²) in [5.74, 6) is 9.02. The number of nitrogens with zero attached hydrogens (tertiary/aromatic N) is 2. The van der Waals surface area contributed by atoms with E-state index in [1.807, 2.05) is 97.1 Å². The third-order valence-electron chi connectivity index (χ3n) is 11.3. The quantitative estimate of drug-likeness (QED) is 0.0509. The van der Waals surface area contributed by atoms with Crippen LogP contribution >= 0.6 is 12.4 Å². The van der Waals surface area contributed by atoms with Gasteiger partial charge in [-0.2, -0.15) is 16.8 Å². The van der Waals surface area contributed by atoms with Gasteiger partial charge in [-0.1, -0.05) is 99.2 Å². The van der Waals surface area contributed by atoms with Gasteiger partial charge < -0.3 is 30.3 Å². The van der Waals surface area contributed by atoms with E-state index in [0.717, 1.165) is 52.6 Å². The number of anilines is 2. The molecule has 0 atom stereocenters. The van der Waals surface area contributed by atoms with Crippen molar-refractivity contribution in [2.24, 2.45) is 0 Å². The number of amides is 4. The number of aliphatic carboxylic acids is 1. The summed E-state index contributed by atoms with van der Waals surface area (Å²) in [4.78, 5) is 76.1. The van der Waals surface area contributed by atoms with Crippen LogP contribution in [0.4, 0.5) is 11.4 Å².